The van der Waals surface area contributed by atoms with E-state index in [0.717, 1.165) is 29.5 Å². The Morgan fingerprint density at radius 3 is 2.47 bits per heavy atom. The van der Waals surface area contributed by atoms with Gasteiger partial charge >= 0.3 is 0 Å². The maximum atomic E-state index is 13.4. The molecule has 3 rings (SSSR count). The van der Waals surface area contributed by atoms with Crippen LogP contribution in [0, 0.1) is 5.82 Å². The van der Waals surface area contributed by atoms with Crippen LogP contribution in [-0.4, -0.2) is 13.1 Å². The Morgan fingerprint density at radius 1 is 1.11 bits per heavy atom. The Kier molecular flexibility index (Phi) is 3.42. The van der Waals surface area contributed by atoms with E-state index >= 15 is 0 Å². The molecule has 3 heteroatoms. The van der Waals surface area contributed by atoms with E-state index in [9.17, 15) is 4.39 Å². The van der Waals surface area contributed by atoms with Crippen molar-refractivity contribution in [2.75, 3.05) is 13.1 Å². The van der Waals surface area contributed by atoms with Crippen LogP contribution in [0.15, 0.2) is 53.0 Å². The van der Waals surface area contributed by atoms with Crippen LogP contribution >= 0.6 is 15.9 Å². The van der Waals surface area contributed by atoms with Crippen LogP contribution in [0.3, 0.4) is 0 Å². The second-order valence-electron chi connectivity index (χ2n) is 5.16. The van der Waals surface area contributed by atoms with Crippen LogP contribution in [-0.2, 0) is 11.8 Å². The van der Waals surface area contributed by atoms with Gasteiger partial charge in [-0.25, -0.2) is 4.39 Å². The van der Waals surface area contributed by atoms with Gasteiger partial charge in [0.05, 0.1) is 0 Å². The molecule has 1 aliphatic heterocycles. The van der Waals surface area contributed by atoms with Crippen LogP contribution in [0.2, 0.25) is 0 Å². The fourth-order valence-corrected chi connectivity index (χ4v) is 3.08. The van der Waals surface area contributed by atoms with Gasteiger partial charge in [-0.3, -0.25) is 0 Å². The molecule has 1 N–H and O–H groups in total. The number of nitrogens with one attached hydrogen (secondary N) is 1. The number of benzene rings is 2. The van der Waals surface area contributed by atoms with Gasteiger partial charge < -0.3 is 5.32 Å². The van der Waals surface area contributed by atoms with Gasteiger partial charge in [0.2, 0.25) is 0 Å². The van der Waals surface area contributed by atoms with Crippen LogP contribution in [0.25, 0.3) is 0 Å². The summed E-state index contributed by atoms with van der Waals surface area (Å²) in [5.41, 5.74) is 2.45. The van der Waals surface area contributed by atoms with Crippen molar-refractivity contribution in [3.63, 3.8) is 0 Å². The molecule has 2 aromatic rings. The van der Waals surface area contributed by atoms with Crippen molar-refractivity contribution in [1.29, 1.82) is 0 Å². The normalized spacial score (nSPS) is 16.9. The van der Waals surface area contributed by atoms with Gasteiger partial charge in [0, 0.05) is 23.0 Å². The third-order valence-electron chi connectivity index (χ3n) is 3.85. The Morgan fingerprint density at radius 2 is 1.84 bits per heavy atom. The summed E-state index contributed by atoms with van der Waals surface area (Å²) in [7, 11) is 0. The summed E-state index contributed by atoms with van der Waals surface area (Å²) in [6.07, 6.45) is 0.850. The van der Waals surface area contributed by atoms with E-state index in [1.54, 1.807) is 12.1 Å². The highest BCUT2D eigenvalue weighted by molar-refractivity contribution is 9.10. The van der Waals surface area contributed by atoms with Crippen molar-refractivity contribution in [1.82, 2.24) is 5.32 Å². The summed E-state index contributed by atoms with van der Waals surface area (Å²) in [5, 5.41) is 3.35. The van der Waals surface area contributed by atoms with Gasteiger partial charge in [0.15, 0.2) is 0 Å². The monoisotopic (exact) mass is 319 g/mol. The fraction of sp³-hybridized carbons (Fsp3) is 0.250. The van der Waals surface area contributed by atoms with Gasteiger partial charge in [-0.1, -0.05) is 46.3 Å². The third kappa shape index (κ3) is 2.45. The zero-order chi connectivity index (χ0) is 13.3. The summed E-state index contributed by atoms with van der Waals surface area (Å²) in [4.78, 5) is 0. The minimum atomic E-state index is -0.173. The van der Waals surface area contributed by atoms with Gasteiger partial charge in [-0.15, -0.1) is 0 Å². The van der Waals surface area contributed by atoms with Gasteiger partial charge in [0.1, 0.15) is 5.82 Å². The van der Waals surface area contributed by atoms with Crippen molar-refractivity contribution in [2.24, 2.45) is 0 Å². The number of hydrogen-bond donors (Lipinski definition) is 1. The molecule has 0 bridgehead atoms. The summed E-state index contributed by atoms with van der Waals surface area (Å²) in [6, 6.07) is 15.4. The summed E-state index contributed by atoms with van der Waals surface area (Å²) in [6.45, 7) is 1.89. The van der Waals surface area contributed by atoms with Gasteiger partial charge in [0.25, 0.3) is 0 Å². The zero-order valence-corrected chi connectivity index (χ0v) is 12.1. The largest absolute Gasteiger partial charge is 0.315 e. The molecule has 1 fully saturated rings. The molecule has 0 saturated carbocycles. The molecule has 19 heavy (non-hydrogen) atoms. The predicted octanol–water partition coefficient (Wildman–Crippen LogP) is 3.67. The lowest BCUT2D eigenvalue weighted by Crippen LogP contribution is -2.58. The van der Waals surface area contributed by atoms with Crippen LogP contribution in [0.5, 0.6) is 0 Å². The smallest absolute Gasteiger partial charge is 0.123 e. The molecule has 2 aromatic carbocycles. The number of hydrogen-bond acceptors (Lipinski definition) is 1. The number of rotatable bonds is 3. The first-order valence-electron chi connectivity index (χ1n) is 6.40. The summed E-state index contributed by atoms with van der Waals surface area (Å²) < 4.78 is 14.4. The van der Waals surface area contributed by atoms with E-state index in [0.29, 0.717) is 0 Å². The SMILES string of the molecule is Fc1ccc(Br)c(CC2(c3ccccc3)CNC2)c1. The second-order valence-corrected chi connectivity index (χ2v) is 6.02. The lowest BCUT2D eigenvalue weighted by Gasteiger charge is -2.43. The average molecular weight is 320 g/mol. The summed E-state index contributed by atoms with van der Waals surface area (Å²) >= 11 is 3.52. The highest BCUT2D eigenvalue weighted by atomic mass is 79.9. The maximum absolute atomic E-state index is 13.4. The van der Waals surface area contributed by atoms with E-state index in [4.69, 9.17) is 0 Å². The summed E-state index contributed by atoms with van der Waals surface area (Å²) in [5.74, 6) is -0.173. The first-order chi connectivity index (χ1) is 9.20. The molecule has 98 valence electrons. The third-order valence-corrected chi connectivity index (χ3v) is 4.62. The van der Waals surface area contributed by atoms with Crippen molar-refractivity contribution < 1.29 is 4.39 Å². The number of halogens is 2. The van der Waals surface area contributed by atoms with Gasteiger partial charge in [-0.2, -0.15) is 0 Å². The second kappa shape index (κ2) is 5.06. The standard InChI is InChI=1S/C16H15BrFN/c17-15-7-6-14(18)8-12(15)9-16(10-19-11-16)13-4-2-1-3-5-13/h1-8,19H,9-11H2. The lowest BCUT2D eigenvalue weighted by atomic mass is 9.71. The molecule has 0 spiro atoms. The quantitative estimate of drug-likeness (QED) is 0.910. The Labute approximate surface area is 121 Å². The maximum Gasteiger partial charge on any atom is 0.123 e. The lowest BCUT2D eigenvalue weighted by molar-refractivity contribution is 0.274. The minimum absolute atomic E-state index is 0.0948. The van der Waals surface area contributed by atoms with Crippen molar-refractivity contribution in [3.05, 3.63) is 69.9 Å². The van der Waals surface area contributed by atoms with Crippen molar-refractivity contribution in [2.45, 2.75) is 11.8 Å². The van der Waals surface area contributed by atoms with Crippen LogP contribution in [0.4, 0.5) is 4.39 Å². The highest BCUT2D eigenvalue weighted by Gasteiger charge is 2.38. The van der Waals surface area contributed by atoms with Gasteiger partial charge in [-0.05, 0) is 35.7 Å². The molecular formula is C16H15BrFN. The minimum Gasteiger partial charge on any atom is -0.315 e. The molecule has 0 aromatic heterocycles. The molecule has 1 saturated heterocycles. The highest BCUT2D eigenvalue weighted by Crippen LogP contribution is 2.34. The molecule has 1 nitrogen and oxygen atoms in total. The molecule has 0 unspecified atom stereocenters. The molecule has 0 atom stereocenters. The van der Waals surface area contributed by atoms with E-state index in [-0.39, 0.29) is 11.2 Å². The predicted molar refractivity (Wildman–Crippen MR) is 78.8 cm³/mol. The first-order valence-corrected chi connectivity index (χ1v) is 7.19. The fourth-order valence-electron chi connectivity index (χ4n) is 2.69. The molecule has 0 amide bonds. The average Bonchev–Trinajstić information content (AvgIpc) is 2.39. The van der Waals surface area contributed by atoms with E-state index in [2.05, 4.69) is 45.5 Å². The molecule has 0 aliphatic carbocycles. The van der Waals surface area contributed by atoms with E-state index in [1.165, 1.54) is 11.6 Å². The molecule has 1 aliphatic rings. The first kappa shape index (κ1) is 12.8. The Hall–Kier alpha value is -1.19. The van der Waals surface area contributed by atoms with Crippen LogP contribution in [0.1, 0.15) is 11.1 Å². The van der Waals surface area contributed by atoms with E-state index in [1.807, 2.05) is 6.07 Å². The molecular weight excluding hydrogens is 305 g/mol. The van der Waals surface area contributed by atoms with Crippen LogP contribution < -0.4 is 5.32 Å². The Balaban J connectivity index is 1.94. The van der Waals surface area contributed by atoms with Crippen molar-refractivity contribution >= 4 is 15.9 Å². The van der Waals surface area contributed by atoms with Crippen molar-refractivity contribution in [3.8, 4) is 0 Å². The topological polar surface area (TPSA) is 12.0 Å². The molecule has 0 radical (unpaired) electrons. The molecule has 1 heterocycles. The Bertz CT molecular complexity index is 579. The van der Waals surface area contributed by atoms with E-state index < -0.39 is 0 Å². The zero-order valence-electron chi connectivity index (χ0n) is 10.5.